The quantitative estimate of drug-likeness (QED) is 0.492. The van der Waals surface area contributed by atoms with Crippen LogP contribution in [0.25, 0.3) is 11.0 Å². The van der Waals surface area contributed by atoms with Crippen molar-refractivity contribution in [3.63, 3.8) is 0 Å². The lowest BCUT2D eigenvalue weighted by molar-refractivity contribution is -0.384. The average Bonchev–Trinajstić information content (AvgIpc) is 3.19. The number of benzene rings is 2. The summed E-state index contributed by atoms with van der Waals surface area (Å²) in [6, 6.07) is 14.1. The molecule has 1 aliphatic heterocycles. The van der Waals surface area contributed by atoms with Crippen molar-refractivity contribution in [3.8, 4) is 5.75 Å². The number of hydrogen-bond acceptors (Lipinski definition) is 6. The SMILES string of the molecule is COc1ccc(CN2CCC(NC(=O)c3cc4ccc([N+](=O)[O-])cc4o3)CC2)cc1. The second-order valence-corrected chi connectivity index (χ2v) is 7.46. The number of nitrogens with one attached hydrogen (secondary N) is 1. The van der Waals surface area contributed by atoms with Crippen LogP contribution in [-0.4, -0.2) is 42.0 Å². The van der Waals surface area contributed by atoms with Crippen molar-refractivity contribution < 1.29 is 18.9 Å². The van der Waals surface area contributed by atoms with Gasteiger partial charge in [-0.1, -0.05) is 12.1 Å². The summed E-state index contributed by atoms with van der Waals surface area (Å²) >= 11 is 0. The van der Waals surface area contributed by atoms with Crippen LogP contribution in [0.5, 0.6) is 5.75 Å². The highest BCUT2D eigenvalue weighted by Gasteiger charge is 2.23. The minimum Gasteiger partial charge on any atom is -0.497 e. The van der Waals surface area contributed by atoms with E-state index in [2.05, 4.69) is 22.3 Å². The molecule has 156 valence electrons. The standard InChI is InChI=1S/C22H23N3O5/c1-29-19-6-2-15(3-7-19)14-24-10-8-17(9-11-24)23-22(26)21-12-16-4-5-18(25(27)28)13-20(16)30-21/h2-7,12-13,17H,8-11,14H2,1H3,(H,23,26). The van der Waals surface area contributed by atoms with E-state index < -0.39 is 4.92 Å². The maximum atomic E-state index is 12.6. The van der Waals surface area contributed by atoms with E-state index in [0.717, 1.165) is 38.2 Å². The smallest absolute Gasteiger partial charge is 0.287 e. The van der Waals surface area contributed by atoms with Gasteiger partial charge in [-0.15, -0.1) is 0 Å². The Kier molecular flexibility index (Phi) is 5.67. The van der Waals surface area contributed by atoms with Gasteiger partial charge in [-0.2, -0.15) is 0 Å². The van der Waals surface area contributed by atoms with E-state index in [1.54, 1.807) is 19.2 Å². The third-order valence-corrected chi connectivity index (χ3v) is 5.43. The van der Waals surface area contributed by atoms with E-state index in [0.29, 0.717) is 11.0 Å². The topological polar surface area (TPSA) is 97.8 Å². The van der Waals surface area contributed by atoms with E-state index in [4.69, 9.17) is 9.15 Å². The molecule has 3 aromatic rings. The molecular weight excluding hydrogens is 386 g/mol. The van der Waals surface area contributed by atoms with Crippen LogP contribution in [0.15, 0.2) is 52.9 Å². The maximum absolute atomic E-state index is 12.6. The Labute approximate surface area is 173 Å². The van der Waals surface area contributed by atoms with Gasteiger partial charge in [0.2, 0.25) is 0 Å². The number of piperidine rings is 1. The predicted octanol–water partition coefficient (Wildman–Crippen LogP) is 3.74. The number of nitro benzene ring substituents is 1. The van der Waals surface area contributed by atoms with Crippen LogP contribution in [0.1, 0.15) is 29.0 Å². The molecule has 0 unspecified atom stereocenters. The Bertz CT molecular complexity index is 1050. The molecule has 1 aromatic heterocycles. The number of fused-ring (bicyclic) bond motifs is 1. The summed E-state index contributed by atoms with van der Waals surface area (Å²) in [7, 11) is 1.66. The van der Waals surface area contributed by atoms with Crippen LogP contribution in [0.2, 0.25) is 0 Å². The zero-order valence-corrected chi connectivity index (χ0v) is 16.7. The number of ether oxygens (including phenoxy) is 1. The summed E-state index contributed by atoms with van der Waals surface area (Å²) in [6.07, 6.45) is 1.71. The van der Waals surface area contributed by atoms with Gasteiger partial charge in [0.25, 0.3) is 11.6 Å². The molecule has 8 nitrogen and oxygen atoms in total. The lowest BCUT2D eigenvalue weighted by Crippen LogP contribution is -2.44. The summed E-state index contributed by atoms with van der Waals surface area (Å²) in [6.45, 7) is 2.65. The van der Waals surface area contributed by atoms with Crippen molar-refractivity contribution >= 4 is 22.6 Å². The second kappa shape index (κ2) is 8.54. The summed E-state index contributed by atoms with van der Waals surface area (Å²) in [4.78, 5) is 25.3. The van der Waals surface area contributed by atoms with Crippen molar-refractivity contribution in [2.24, 2.45) is 0 Å². The van der Waals surface area contributed by atoms with Crippen molar-refractivity contribution in [1.82, 2.24) is 10.2 Å². The first kappa shape index (κ1) is 19.9. The molecule has 1 aliphatic rings. The number of nitrogens with zero attached hydrogens (tertiary/aromatic N) is 2. The highest BCUT2D eigenvalue weighted by Crippen LogP contribution is 2.24. The molecule has 0 bridgehead atoms. The van der Waals surface area contributed by atoms with E-state index in [9.17, 15) is 14.9 Å². The van der Waals surface area contributed by atoms with Crippen LogP contribution in [0.4, 0.5) is 5.69 Å². The fourth-order valence-electron chi connectivity index (χ4n) is 3.73. The minimum atomic E-state index is -0.485. The number of non-ortho nitro benzene ring substituents is 1. The lowest BCUT2D eigenvalue weighted by atomic mass is 10.0. The number of amides is 1. The molecule has 1 N–H and O–H groups in total. The van der Waals surface area contributed by atoms with Gasteiger partial charge in [-0.25, -0.2) is 0 Å². The molecule has 8 heteroatoms. The van der Waals surface area contributed by atoms with Crippen LogP contribution in [-0.2, 0) is 6.54 Å². The van der Waals surface area contributed by atoms with Crippen molar-refractivity contribution in [3.05, 3.63) is 70.0 Å². The number of carbonyl (C=O) groups excluding carboxylic acids is 1. The van der Waals surface area contributed by atoms with Gasteiger partial charge in [0.1, 0.15) is 11.3 Å². The van der Waals surface area contributed by atoms with Crippen molar-refractivity contribution in [2.45, 2.75) is 25.4 Å². The third-order valence-electron chi connectivity index (χ3n) is 5.43. The van der Waals surface area contributed by atoms with Gasteiger partial charge < -0.3 is 14.5 Å². The number of nitro groups is 1. The largest absolute Gasteiger partial charge is 0.497 e. The highest BCUT2D eigenvalue weighted by molar-refractivity contribution is 5.96. The minimum absolute atomic E-state index is 0.0620. The molecule has 30 heavy (non-hydrogen) atoms. The van der Waals surface area contributed by atoms with E-state index >= 15 is 0 Å². The molecule has 0 aliphatic carbocycles. The van der Waals surface area contributed by atoms with Crippen LogP contribution in [0.3, 0.4) is 0 Å². The molecular formula is C22H23N3O5. The van der Waals surface area contributed by atoms with Gasteiger partial charge in [0, 0.05) is 37.1 Å². The van der Waals surface area contributed by atoms with Crippen LogP contribution >= 0.6 is 0 Å². The first-order valence-electron chi connectivity index (χ1n) is 9.86. The Hall–Kier alpha value is -3.39. The third kappa shape index (κ3) is 4.44. The molecule has 1 amide bonds. The Balaban J connectivity index is 1.31. The highest BCUT2D eigenvalue weighted by atomic mass is 16.6. The molecule has 4 rings (SSSR count). The average molecular weight is 409 g/mol. The predicted molar refractivity (Wildman–Crippen MR) is 112 cm³/mol. The first-order chi connectivity index (χ1) is 14.5. The molecule has 0 atom stereocenters. The first-order valence-corrected chi connectivity index (χ1v) is 9.86. The van der Waals surface area contributed by atoms with E-state index in [1.165, 1.54) is 17.7 Å². The number of hydrogen-bond donors (Lipinski definition) is 1. The molecule has 2 heterocycles. The maximum Gasteiger partial charge on any atom is 0.287 e. The number of rotatable bonds is 6. The number of methoxy groups -OCH3 is 1. The van der Waals surface area contributed by atoms with E-state index in [-0.39, 0.29) is 23.4 Å². The summed E-state index contributed by atoms with van der Waals surface area (Å²) in [5.74, 6) is 0.731. The molecule has 0 radical (unpaired) electrons. The van der Waals surface area contributed by atoms with E-state index in [1.807, 2.05) is 12.1 Å². The normalized spacial score (nSPS) is 15.2. The van der Waals surface area contributed by atoms with Crippen molar-refractivity contribution in [1.29, 1.82) is 0 Å². The lowest BCUT2D eigenvalue weighted by Gasteiger charge is -2.32. The van der Waals surface area contributed by atoms with Gasteiger partial charge in [0.15, 0.2) is 5.76 Å². The zero-order chi connectivity index (χ0) is 21.1. The molecule has 1 saturated heterocycles. The molecule has 1 fully saturated rings. The van der Waals surface area contributed by atoms with Gasteiger partial charge in [-0.3, -0.25) is 19.8 Å². The number of furan rings is 1. The molecule has 0 saturated carbocycles. The van der Waals surface area contributed by atoms with Gasteiger partial charge >= 0.3 is 0 Å². The van der Waals surface area contributed by atoms with Gasteiger partial charge in [-0.05, 0) is 42.7 Å². The zero-order valence-electron chi connectivity index (χ0n) is 16.7. The van der Waals surface area contributed by atoms with Gasteiger partial charge in [0.05, 0.1) is 18.1 Å². The summed E-state index contributed by atoms with van der Waals surface area (Å²) < 4.78 is 10.7. The van der Waals surface area contributed by atoms with Crippen LogP contribution in [0, 0.1) is 10.1 Å². The number of likely N-dealkylation sites (tertiary alicyclic amines) is 1. The monoisotopic (exact) mass is 409 g/mol. The fourth-order valence-corrected chi connectivity index (χ4v) is 3.73. The fraction of sp³-hybridized carbons (Fsp3) is 0.318. The molecule has 0 spiro atoms. The second-order valence-electron chi connectivity index (χ2n) is 7.46. The van der Waals surface area contributed by atoms with Crippen LogP contribution < -0.4 is 10.1 Å². The Morgan fingerprint density at radius 3 is 2.60 bits per heavy atom. The Morgan fingerprint density at radius 2 is 1.93 bits per heavy atom. The molecule has 2 aromatic carbocycles. The summed E-state index contributed by atoms with van der Waals surface area (Å²) in [5, 5.41) is 14.6. The number of carbonyl (C=O) groups is 1. The van der Waals surface area contributed by atoms with Crippen molar-refractivity contribution in [2.75, 3.05) is 20.2 Å². The Morgan fingerprint density at radius 1 is 1.20 bits per heavy atom. The summed E-state index contributed by atoms with van der Waals surface area (Å²) in [5.41, 5.74) is 1.51.